The Balaban J connectivity index is 1.69. The summed E-state index contributed by atoms with van der Waals surface area (Å²) in [5, 5.41) is 12.8. The molecule has 2 rings (SSSR count). The molecule has 4 atom stereocenters. The van der Waals surface area contributed by atoms with Gasteiger partial charge in [-0.25, -0.2) is 0 Å². The average molecular weight is 291 g/mol. The number of hydrogen-bond donors (Lipinski definition) is 1. The van der Waals surface area contributed by atoms with Gasteiger partial charge in [0.15, 0.2) is 0 Å². The summed E-state index contributed by atoms with van der Waals surface area (Å²) in [6.45, 7) is 7.48. The van der Waals surface area contributed by atoms with Gasteiger partial charge in [-0.1, -0.05) is 20.3 Å². The lowest BCUT2D eigenvalue weighted by atomic mass is 9.88. The van der Waals surface area contributed by atoms with Crippen LogP contribution in [-0.4, -0.2) is 37.1 Å². The van der Waals surface area contributed by atoms with E-state index in [1.165, 1.54) is 32.2 Å². The topological polar surface area (TPSA) is 39.1 Å². The number of fused-ring (bicyclic) bond motifs is 2. The molecule has 0 amide bonds. The summed E-state index contributed by atoms with van der Waals surface area (Å²) in [6.07, 6.45) is 8.94. The van der Waals surface area contributed by atoms with Crippen LogP contribution in [0.4, 0.5) is 0 Å². The molecule has 0 aromatic heterocycles. The van der Waals surface area contributed by atoms with Gasteiger partial charge in [0, 0.05) is 6.54 Å². The molecule has 2 aliphatic rings. The molecule has 3 heteroatoms. The van der Waals surface area contributed by atoms with Gasteiger partial charge in [0.1, 0.15) is 5.54 Å². The summed E-state index contributed by atoms with van der Waals surface area (Å²) >= 11 is 0. The SMILES string of the molecule is CCNC(C#N)(CC)CCCN(C)CC1CC2CCC1C2. The van der Waals surface area contributed by atoms with Crippen molar-refractivity contribution >= 4 is 0 Å². The Kier molecular flexibility index (Phi) is 6.08. The second kappa shape index (κ2) is 7.61. The van der Waals surface area contributed by atoms with Crippen LogP contribution < -0.4 is 5.32 Å². The average Bonchev–Trinajstić information content (AvgIpc) is 3.09. The molecule has 3 nitrogen and oxygen atoms in total. The molecule has 2 saturated carbocycles. The monoisotopic (exact) mass is 291 g/mol. The van der Waals surface area contributed by atoms with E-state index in [2.05, 4.69) is 37.2 Å². The first-order valence-corrected chi connectivity index (χ1v) is 8.97. The first-order valence-electron chi connectivity index (χ1n) is 8.97. The van der Waals surface area contributed by atoms with Crippen LogP contribution in [0.15, 0.2) is 0 Å². The van der Waals surface area contributed by atoms with E-state index in [0.29, 0.717) is 0 Å². The summed E-state index contributed by atoms with van der Waals surface area (Å²) in [5.74, 6) is 3.02. The fraction of sp³-hybridized carbons (Fsp3) is 0.944. The minimum Gasteiger partial charge on any atom is -0.306 e. The molecule has 2 bridgehead atoms. The van der Waals surface area contributed by atoms with Gasteiger partial charge < -0.3 is 4.90 Å². The zero-order valence-corrected chi connectivity index (χ0v) is 14.2. The van der Waals surface area contributed by atoms with E-state index in [4.69, 9.17) is 0 Å². The van der Waals surface area contributed by atoms with Gasteiger partial charge in [-0.3, -0.25) is 5.32 Å². The molecule has 0 saturated heterocycles. The van der Waals surface area contributed by atoms with E-state index in [-0.39, 0.29) is 5.54 Å². The van der Waals surface area contributed by atoms with Gasteiger partial charge in [-0.2, -0.15) is 5.26 Å². The smallest absolute Gasteiger partial charge is 0.106 e. The molecule has 0 aromatic rings. The van der Waals surface area contributed by atoms with Crippen LogP contribution in [0.25, 0.3) is 0 Å². The van der Waals surface area contributed by atoms with Gasteiger partial charge in [-0.15, -0.1) is 0 Å². The Hall–Kier alpha value is -0.590. The highest BCUT2D eigenvalue weighted by molar-refractivity contribution is 5.06. The first-order chi connectivity index (χ1) is 10.1. The van der Waals surface area contributed by atoms with Crippen LogP contribution >= 0.6 is 0 Å². The molecule has 0 heterocycles. The molecule has 0 aromatic carbocycles. The Morgan fingerprint density at radius 3 is 2.62 bits per heavy atom. The van der Waals surface area contributed by atoms with Crippen LogP contribution in [0.2, 0.25) is 0 Å². The van der Waals surface area contributed by atoms with Crippen LogP contribution in [0.3, 0.4) is 0 Å². The summed E-state index contributed by atoms with van der Waals surface area (Å²) in [7, 11) is 2.26. The predicted octanol–water partition coefficient (Wildman–Crippen LogP) is 3.42. The number of nitrogens with zero attached hydrogens (tertiary/aromatic N) is 2. The molecule has 2 aliphatic carbocycles. The lowest BCUT2D eigenvalue weighted by Gasteiger charge is -2.29. The van der Waals surface area contributed by atoms with Crippen LogP contribution in [0.5, 0.6) is 0 Å². The second-order valence-electron chi connectivity index (χ2n) is 7.38. The minimum absolute atomic E-state index is 0.304. The third-order valence-corrected chi connectivity index (χ3v) is 5.91. The van der Waals surface area contributed by atoms with Gasteiger partial charge in [0.25, 0.3) is 0 Å². The van der Waals surface area contributed by atoms with Crippen molar-refractivity contribution in [2.75, 3.05) is 26.7 Å². The first kappa shape index (κ1) is 16.8. The van der Waals surface area contributed by atoms with E-state index in [9.17, 15) is 5.26 Å². The van der Waals surface area contributed by atoms with E-state index in [1.54, 1.807) is 0 Å². The molecule has 1 N–H and O–H groups in total. The lowest BCUT2D eigenvalue weighted by molar-refractivity contribution is 0.212. The fourth-order valence-corrected chi connectivity index (χ4v) is 4.65. The molecule has 2 fully saturated rings. The highest BCUT2D eigenvalue weighted by atomic mass is 15.1. The molecule has 4 unspecified atom stereocenters. The largest absolute Gasteiger partial charge is 0.306 e. The fourth-order valence-electron chi connectivity index (χ4n) is 4.65. The van der Waals surface area contributed by atoms with Crippen LogP contribution in [0, 0.1) is 29.1 Å². The van der Waals surface area contributed by atoms with Crippen molar-refractivity contribution in [1.29, 1.82) is 5.26 Å². The lowest BCUT2D eigenvalue weighted by Crippen LogP contribution is -2.43. The van der Waals surface area contributed by atoms with Crippen molar-refractivity contribution in [3.05, 3.63) is 0 Å². The Morgan fingerprint density at radius 1 is 1.29 bits per heavy atom. The third kappa shape index (κ3) is 4.20. The van der Waals surface area contributed by atoms with Crippen molar-refractivity contribution in [3.8, 4) is 6.07 Å². The van der Waals surface area contributed by atoms with Crippen molar-refractivity contribution in [2.24, 2.45) is 17.8 Å². The van der Waals surface area contributed by atoms with Crippen molar-refractivity contribution < 1.29 is 0 Å². The number of rotatable bonds is 9. The number of hydrogen-bond acceptors (Lipinski definition) is 3. The standard InChI is InChI=1S/C18H33N3/c1-4-18(14-19,20-5-2)9-6-10-21(3)13-17-12-15-7-8-16(17)11-15/h15-17,20H,4-13H2,1-3H3. The second-order valence-corrected chi connectivity index (χ2v) is 7.38. The molecule has 0 spiro atoms. The molecule has 0 aliphatic heterocycles. The third-order valence-electron chi connectivity index (χ3n) is 5.91. The highest BCUT2D eigenvalue weighted by Gasteiger charge is 2.39. The Morgan fingerprint density at radius 2 is 2.10 bits per heavy atom. The van der Waals surface area contributed by atoms with Gasteiger partial charge in [-0.05, 0) is 76.4 Å². The molecular weight excluding hydrogens is 258 g/mol. The molecule has 0 radical (unpaired) electrons. The summed E-state index contributed by atoms with van der Waals surface area (Å²) < 4.78 is 0. The van der Waals surface area contributed by atoms with Crippen molar-refractivity contribution in [1.82, 2.24) is 10.2 Å². The summed E-state index contributed by atoms with van der Waals surface area (Å²) in [4.78, 5) is 2.51. The quantitative estimate of drug-likeness (QED) is 0.707. The maximum Gasteiger partial charge on any atom is 0.106 e. The van der Waals surface area contributed by atoms with Crippen molar-refractivity contribution in [3.63, 3.8) is 0 Å². The maximum absolute atomic E-state index is 9.45. The Bertz CT molecular complexity index is 362. The maximum atomic E-state index is 9.45. The van der Waals surface area contributed by atoms with Crippen LogP contribution in [0.1, 0.15) is 58.8 Å². The van der Waals surface area contributed by atoms with E-state index < -0.39 is 0 Å². The number of nitrogens with one attached hydrogen (secondary N) is 1. The van der Waals surface area contributed by atoms with Gasteiger partial charge >= 0.3 is 0 Å². The normalized spacial score (nSPS) is 30.5. The number of nitriles is 1. The molecule has 21 heavy (non-hydrogen) atoms. The molecule has 120 valence electrons. The van der Waals surface area contributed by atoms with E-state index in [1.807, 2.05) is 0 Å². The van der Waals surface area contributed by atoms with Crippen LogP contribution in [-0.2, 0) is 0 Å². The van der Waals surface area contributed by atoms with Gasteiger partial charge in [0.2, 0.25) is 0 Å². The zero-order valence-electron chi connectivity index (χ0n) is 14.2. The minimum atomic E-state index is -0.304. The summed E-state index contributed by atoms with van der Waals surface area (Å²) in [5.41, 5.74) is -0.304. The summed E-state index contributed by atoms with van der Waals surface area (Å²) in [6, 6.07) is 2.51. The molecular formula is C18H33N3. The zero-order chi connectivity index (χ0) is 15.3. The van der Waals surface area contributed by atoms with Crippen molar-refractivity contribution in [2.45, 2.75) is 64.3 Å². The Labute approximate surface area is 131 Å². The highest BCUT2D eigenvalue weighted by Crippen LogP contribution is 2.48. The van der Waals surface area contributed by atoms with Gasteiger partial charge in [0.05, 0.1) is 6.07 Å². The van der Waals surface area contributed by atoms with E-state index >= 15 is 0 Å². The predicted molar refractivity (Wildman–Crippen MR) is 88.0 cm³/mol. The van der Waals surface area contributed by atoms with E-state index in [0.717, 1.165) is 50.1 Å².